The lowest BCUT2D eigenvalue weighted by atomic mass is 10.2. The van der Waals surface area contributed by atoms with Crippen molar-refractivity contribution in [3.8, 4) is 11.4 Å². The van der Waals surface area contributed by atoms with Crippen LogP contribution in [0.25, 0.3) is 5.69 Å². The maximum absolute atomic E-state index is 13.0. The first-order valence-electron chi connectivity index (χ1n) is 11.7. The van der Waals surface area contributed by atoms with Crippen molar-refractivity contribution >= 4 is 27.6 Å². The first-order valence-corrected chi connectivity index (χ1v) is 13.2. The predicted molar refractivity (Wildman–Crippen MR) is 135 cm³/mol. The van der Waals surface area contributed by atoms with E-state index in [1.807, 2.05) is 6.07 Å². The van der Waals surface area contributed by atoms with E-state index in [0.717, 1.165) is 25.0 Å². The third-order valence-electron chi connectivity index (χ3n) is 6.35. The zero-order valence-electron chi connectivity index (χ0n) is 20.7. The number of hydrogen-bond acceptors (Lipinski definition) is 7. The lowest BCUT2D eigenvalue weighted by molar-refractivity contribution is -0.123. The van der Waals surface area contributed by atoms with E-state index in [2.05, 4.69) is 5.32 Å². The maximum atomic E-state index is 13.0. The summed E-state index contributed by atoms with van der Waals surface area (Å²) in [4.78, 5) is 38.5. The van der Waals surface area contributed by atoms with Crippen molar-refractivity contribution in [1.29, 1.82) is 0 Å². The van der Waals surface area contributed by atoms with Crippen LogP contribution in [0.4, 0.5) is 5.69 Å². The number of phenolic OH excluding ortho intramolecular Hbond substituents is 1. The molecule has 37 heavy (non-hydrogen) atoms. The number of ether oxygens (including phenoxy) is 1. The number of aromatic hydroxyl groups is 1. The number of benzene rings is 2. The molecule has 11 nitrogen and oxygen atoms in total. The average Bonchev–Trinajstić information content (AvgIpc) is 3.49. The summed E-state index contributed by atoms with van der Waals surface area (Å²) < 4.78 is 35.2. The van der Waals surface area contributed by atoms with Crippen LogP contribution in [0.1, 0.15) is 35.8 Å². The number of aromatic nitrogens is 2. The number of carbonyl (C=O) groups excluding carboxylic acids is 2. The van der Waals surface area contributed by atoms with Gasteiger partial charge in [-0.3, -0.25) is 14.3 Å². The molecule has 4 rings (SSSR count). The molecular formula is C25H28N4O7S. The zero-order chi connectivity index (χ0) is 26.9. The summed E-state index contributed by atoms with van der Waals surface area (Å²) in [6.07, 6.45) is 0.140. The summed E-state index contributed by atoms with van der Waals surface area (Å²) in [6.45, 7) is 3.73. The van der Waals surface area contributed by atoms with Crippen LogP contribution in [0.3, 0.4) is 0 Å². The van der Waals surface area contributed by atoms with Gasteiger partial charge >= 0.3 is 5.97 Å². The average molecular weight is 529 g/mol. The molecule has 0 bridgehead atoms. The Kier molecular flexibility index (Phi) is 7.23. The Morgan fingerprint density at radius 3 is 2.38 bits per heavy atom. The van der Waals surface area contributed by atoms with Gasteiger partial charge in [0, 0.05) is 20.1 Å². The molecule has 2 heterocycles. The molecule has 12 heteroatoms. The molecule has 0 saturated carbocycles. The molecule has 1 fully saturated rings. The van der Waals surface area contributed by atoms with Crippen LogP contribution >= 0.6 is 0 Å². The molecule has 196 valence electrons. The highest BCUT2D eigenvalue weighted by Gasteiger charge is 2.30. The van der Waals surface area contributed by atoms with E-state index in [0.29, 0.717) is 24.5 Å². The first kappa shape index (κ1) is 26.2. The van der Waals surface area contributed by atoms with Gasteiger partial charge in [-0.25, -0.2) is 17.9 Å². The Labute approximate surface area is 213 Å². The van der Waals surface area contributed by atoms with Crippen LogP contribution < -0.4 is 10.9 Å². The van der Waals surface area contributed by atoms with Gasteiger partial charge in [0.1, 0.15) is 17.0 Å². The third kappa shape index (κ3) is 5.02. The Morgan fingerprint density at radius 2 is 1.73 bits per heavy atom. The van der Waals surface area contributed by atoms with Crippen LogP contribution in [0.5, 0.6) is 5.75 Å². The molecule has 1 aliphatic heterocycles. The Hall–Kier alpha value is -3.90. The molecule has 3 aromatic rings. The number of amides is 1. The second-order valence-electron chi connectivity index (χ2n) is 8.76. The molecule has 0 radical (unpaired) electrons. The predicted octanol–water partition coefficient (Wildman–Crippen LogP) is 2.16. The van der Waals surface area contributed by atoms with E-state index in [4.69, 9.17) is 4.74 Å². The van der Waals surface area contributed by atoms with E-state index in [1.165, 1.54) is 22.0 Å². The molecule has 0 aliphatic carbocycles. The quantitative estimate of drug-likeness (QED) is 0.448. The smallest absolute Gasteiger partial charge is 0.342 e. The number of rotatable bonds is 7. The fourth-order valence-corrected chi connectivity index (χ4v) is 5.68. The minimum atomic E-state index is -3.84. The van der Waals surface area contributed by atoms with Crippen molar-refractivity contribution in [3.05, 3.63) is 70.1 Å². The first-order chi connectivity index (χ1) is 17.5. The van der Waals surface area contributed by atoms with Gasteiger partial charge in [-0.2, -0.15) is 4.31 Å². The molecule has 2 aromatic carbocycles. The van der Waals surface area contributed by atoms with Crippen LogP contribution in [0, 0.1) is 6.92 Å². The summed E-state index contributed by atoms with van der Waals surface area (Å²) in [5.74, 6) is -2.33. The second kappa shape index (κ2) is 10.2. The van der Waals surface area contributed by atoms with Crippen molar-refractivity contribution in [2.75, 3.05) is 18.4 Å². The van der Waals surface area contributed by atoms with Gasteiger partial charge < -0.3 is 15.2 Å². The Morgan fingerprint density at radius 1 is 1.08 bits per heavy atom. The van der Waals surface area contributed by atoms with Crippen LogP contribution in [0.2, 0.25) is 0 Å². The van der Waals surface area contributed by atoms with Crippen molar-refractivity contribution in [1.82, 2.24) is 13.7 Å². The SMILES string of the molecule is Cc1c(NC(=O)C(C)OC(=O)c2cc(S(=O)(=O)N3CCCC3)ccc2O)c(=O)n(-c2ccccc2)n1C. The topological polar surface area (TPSA) is 140 Å². The van der Waals surface area contributed by atoms with Crippen molar-refractivity contribution in [2.24, 2.45) is 7.05 Å². The molecule has 1 unspecified atom stereocenters. The van der Waals surface area contributed by atoms with Gasteiger partial charge in [0.25, 0.3) is 11.5 Å². The van der Waals surface area contributed by atoms with Crippen LogP contribution in [-0.4, -0.2) is 58.3 Å². The number of nitrogens with one attached hydrogen (secondary N) is 1. The van der Waals surface area contributed by atoms with Crippen LogP contribution in [-0.2, 0) is 26.6 Å². The summed E-state index contributed by atoms with van der Waals surface area (Å²) in [5, 5.41) is 12.7. The lowest BCUT2D eigenvalue weighted by Gasteiger charge is -2.17. The number of para-hydroxylation sites is 1. The number of anilines is 1. The Balaban J connectivity index is 1.52. The minimum Gasteiger partial charge on any atom is -0.507 e. The minimum absolute atomic E-state index is 0.0285. The van der Waals surface area contributed by atoms with E-state index in [1.54, 1.807) is 42.9 Å². The maximum Gasteiger partial charge on any atom is 0.342 e. The van der Waals surface area contributed by atoms with Gasteiger partial charge in [0.2, 0.25) is 10.0 Å². The van der Waals surface area contributed by atoms with Gasteiger partial charge in [-0.05, 0) is 57.0 Å². The molecule has 2 N–H and O–H groups in total. The molecule has 1 aromatic heterocycles. The highest BCUT2D eigenvalue weighted by atomic mass is 32.2. The monoisotopic (exact) mass is 528 g/mol. The molecular weight excluding hydrogens is 500 g/mol. The van der Waals surface area contributed by atoms with E-state index < -0.39 is 39.3 Å². The third-order valence-corrected chi connectivity index (χ3v) is 8.24. The normalized spacial score (nSPS) is 14.9. The zero-order valence-corrected chi connectivity index (χ0v) is 21.5. The van der Waals surface area contributed by atoms with Gasteiger partial charge in [-0.15, -0.1) is 0 Å². The van der Waals surface area contributed by atoms with E-state index in [-0.39, 0.29) is 16.1 Å². The van der Waals surface area contributed by atoms with E-state index in [9.17, 15) is 27.9 Å². The molecule has 0 spiro atoms. The number of nitrogens with zero attached hydrogens (tertiary/aromatic N) is 3. The van der Waals surface area contributed by atoms with Crippen molar-refractivity contribution in [2.45, 2.75) is 37.7 Å². The van der Waals surface area contributed by atoms with E-state index >= 15 is 0 Å². The Bertz CT molecular complexity index is 1500. The fraction of sp³-hybridized carbons (Fsp3) is 0.320. The molecule has 1 atom stereocenters. The number of phenols is 1. The lowest BCUT2D eigenvalue weighted by Crippen LogP contribution is -2.32. The number of esters is 1. The number of hydrogen-bond donors (Lipinski definition) is 2. The standard InChI is InChI=1S/C25H28N4O7S/c1-16-22(24(32)29(27(16)3)18-9-5-4-6-10-18)26-23(31)17(2)36-25(33)20-15-19(11-12-21(20)30)37(34,35)28-13-7-8-14-28/h4-6,9-12,15,17,30H,7-8,13-14H2,1-3H3,(H,26,31). The molecule has 1 amide bonds. The van der Waals surface area contributed by atoms with Crippen molar-refractivity contribution < 1.29 is 27.9 Å². The van der Waals surface area contributed by atoms with Gasteiger partial charge in [0.15, 0.2) is 6.10 Å². The number of carbonyl (C=O) groups is 2. The molecule has 1 saturated heterocycles. The fourth-order valence-electron chi connectivity index (χ4n) is 4.13. The second-order valence-corrected chi connectivity index (χ2v) is 10.7. The summed E-state index contributed by atoms with van der Waals surface area (Å²) in [6, 6.07) is 12.2. The van der Waals surface area contributed by atoms with Gasteiger partial charge in [-0.1, -0.05) is 18.2 Å². The summed E-state index contributed by atoms with van der Waals surface area (Å²) >= 11 is 0. The highest BCUT2D eigenvalue weighted by Crippen LogP contribution is 2.27. The number of sulfonamides is 1. The highest BCUT2D eigenvalue weighted by molar-refractivity contribution is 7.89. The summed E-state index contributed by atoms with van der Waals surface area (Å²) in [7, 11) is -2.16. The van der Waals surface area contributed by atoms with Crippen molar-refractivity contribution in [3.63, 3.8) is 0 Å². The van der Waals surface area contributed by atoms with Crippen LogP contribution in [0.15, 0.2) is 58.2 Å². The summed E-state index contributed by atoms with van der Waals surface area (Å²) in [5.41, 5.74) is 0.272. The largest absolute Gasteiger partial charge is 0.507 e. The molecule has 1 aliphatic rings. The van der Waals surface area contributed by atoms with Gasteiger partial charge in [0.05, 0.1) is 16.3 Å².